The average molecular weight is 592 g/mol. The van der Waals surface area contributed by atoms with Crippen LogP contribution < -0.4 is 30.7 Å². The summed E-state index contributed by atoms with van der Waals surface area (Å²) in [6.07, 6.45) is 2.10. The molecule has 0 aliphatic carbocycles. The number of nitrogens with zero attached hydrogens (tertiary/aromatic N) is 3. The molecule has 0 radical (unpaired) electrons. The molecule has 3 heterocycles. The van der Waals surface area contributed by atoms with E-state index in [9.17, 15) is 19.2 Å². The molecular formula is C30H37N7O6. The SMILES string of the molecule is COc1cc2ccc1OCCn1cc(nn1)CNC(=O)[C@@H](CC(C)C)NC(=O)[C@@H](C)NC(=O)c1cccc(c1)CNC2=O. The first-order valence-electron chi connectivity index (χ1n) is 14.1. The van der Waals surface area contributed by atoms with Crippen molar-refractivity contribution in [1.82, 2.24) is 36.3 Å². The van der Waals surface area contributed by atoms with Crippen LogP contribution in [0.2, 0.25) is 0 Å². The minimum absolute atomic E-state index is 0.115. The van der Waals surface area contributed by atoms with E-state index in [1.165, 1.54) is 7.11 Å². The summed E-state index contributed by atoms with van der Waals surface area (Å²) in [5.74, 6) is -0.671. The number of hydrogen-bond donors (Lipinski definition) is 4. The second-order valence-electron chi connectivity index (χ2n) is 10.7. The fraction of sp³-hybridized carbons (Fsp3) is 0.400. The highest BCUT2D eigenvalue weighted by atomic mass is 16.5. The van der Waals surface area contributed by atoms with Gasteiger partial charge < -0.3 is 30.7 Å². The number of fused-ring (bicyclic) bond motifs is 14. The molecule has 13 nitrogen and oxygen atoms in total. The topological polar surface area (TPSA) is 166 Å². The summed E-state index contributed by atoms with van der Waals surface area (Å²) < 4.78 is 12.9. The summed E-state index contributed by atoms with van der Waals surface area (Å²) in [6.45, 7) is 6.36. The van der Waals surface area contributed by atoms with Crippen molar-refractivity contribution in [1.29, 1.82) is 0 Å². The molecule has 1 aromatic heterocycles. The maximum absolute atomic E-state index is 13.0. The number of rotatable bonds is 3. The second-order valence-corrected chi connectivity index (χ2v) is 10.7. The Hall–Kier alpha value is -4.94. The Morgan fingerprint density at radius 1 is 0.977 bits per heavy atom. The third-order valence-corrected chi connectivity index (χ3v) is 6.76. The number of aromatic nitrogens is 3. The van der Waals surface area contributed by atoms with Crippen LogP contribution in [0.5, 0.6) is 11.5 Å². The zero-order valence-corrected chi connectivity index (χ0v) is 24.7. The fourth-order valence-corrected chi connectivity index (χ4v) is 4.46. The van der Waals surface area contributed by atoms with Crippen LogP contribution in [0.1, 0.15) is 59.2 Å². The summed E-state index contributed by atoms with van der Waals surface area (Å²) >= 11 is 0. The van der Waals surface area contributed by atoms with E-state index in [0.29, 0.717) is 46.8 Å². The molecule has 6 bridgehead atoms. The lowest BCUT2D eigenvalue weighted by Gasteiger charge is -2.22. The van der Waals surface area contributed by atoms with Crippen molar-refractivity contribution in [3.8, 4) is 11.5 Å². The van der Waals surface area contributed by atoms with Crippen LogP contribution in [0.25, 0.3) is 0 Å². The predicted molar refractivity (Wildman–Crippen MR) is 156 cm³/mol. The number of methoxy groups -OCH3 is 1. The van der Waals surface area contributed by atoms with Crippen molar-refractivity contribution >= 4 is 23.6 Å². The van der Waals surface area contributed by atoms with Crippen molar-refractivity contribution in [2.75, 3.05) is 13.7 Å². The van der Waals surface area contributed by atoms with Crippen LogP contribution in [0.15, 0.2) is 48.7 Å². The second kappa shape index (κ2) is 14.3. The zero-order chi connectivity index (χ0) is 30.9. The van der Waals surface area contributed by atoms with Crippen LogP contribution in [0.4, 0.5) is 0 Å². The molecule has 13 heteroatoms. The third-order valence-electron chi connectivity index (χ3n) is 6.76. The van der Waals surface area contributed by atoms with Gasteiger partial charge in [0.25, 0.3) is 11.8 Å². The highest BCUT2D eigenvalue weighted by Gasteiger charge is 2.25. The largest absolute Gasteiger partial charge is 0.493 e. The van der Waals surface area contributed by atoms with Crippen LogP contribution in [-0.4, -0.2) is 64.4 Å². The molecule has 2 aliphatic rings. The monoisotopic (exact) mass is 591 g/mol. The maximum atomic E-state index is 13.0. The average Bonchev–Trinajstić information content (AvgIpc) is 3.45. The summed E-state index contributed by atoms with van der Waals surface area (Å²) in [7, 11) is 1.49. The van der Waals surface area contributed by atoms with E-state index in [1.54, 1.807) is 60.3 Å². The van der Waals surface area contributed by atoms with E-state index in [2.05, 4.69) is 31.6 Å². The van der Waals surface area contributed by atoms with Crippen molar-refractivity contribution < 1.29 is 28.7 Å². The van der Waals surface area contributed by atoms with Gasteiger partial charge >= 0.3 is 0 Å². The van der Waals surface area contributed by atoms with E-state index >= 15 is 0 Å². The van der Waals surface area contributed by atoms with Gasteiger partial charge in [-0.15, -0.1) is 5.10 Å². The molecule has 0 saturated heterocycles. The van der Waals surface area contributed by atoms with Gasteiger partial charge in [0.2, 0.25) is 11.8 Å². The first-order valence-corrected chi connectivity index (χ1v) is 14.1. The molecule has 43 heavy (non-hydrogen) atoms. The van der Waals surface area contributed by atoms with Gasteiger partial charge in [0.15, 0.2) is 11.5 Å². The van der Waals surface area contributed by atoms with E-state index in [1.807, 2.05) is 13.8 Å². The van der Waals surface area contributed by atoms with Crippen molar-refractivity contribution in [3.63, 3.8) is 0 Å². The lowest BCUT2D eigenvalue weighted by atomic mass is 10.0. The summed E-state index contributed by atoms with van der Waals surface area (Å²) in [4.78, 5) is 51.9. The number of ether oxygens (including phenoxy) is 2. The Bertz CT molecular complexity index is 1470. The van der Waals surface area contributed by atoms with Gasteiger partial charge in [0.1, 0.15) is 24.4 Å². The van der Waals surface area contributed by atoms with Crippen molar-refractivity contribution in [3.05, 3.63) is 71.0 Å². The fourth-order valence-electron chi connectivity index (χ4n) is 4.46. The Balaban J connectivity index is 1.57. The van der Waals surface area contributed by atoms with Crippen LogP contribution >= 0.6 is 0 Å². The Kier molecular flexibility index (Phi) is 10.3. The van der Waals surface area contributed by atoms with Gasteiger partial charge in [0.05, 0.1) is 26.4 Å². The van der Waals surface area contributed by atoms with Gasteiger partial charge in [-0.05, 0) is 55.2 Å². The molecular weight excluding hydrogens is 554 g/mol. The Labute approximate surface area is 249 Å². The molecule has 2 atom stereocenters. The molecule has 3 aromatic rings. The van der Waals surface area contributed by atoms with Gasteiger partial charge in [-0.2, -0.15) is 0 Å². The quantitative estimate of drug-likeness (QED) is 0.333. The van der Waals surface area contributed by atoms with Crippen molar-refractivity contribution in [2.24, 2.45) is 5.92 Å². The highest BCUT2D eigenvalue weighted by molar-refractivity contribution is 5.98. The Morgan fingerprint density at radius 3 is 2.53 bits per heavy atom. The van der Waals surface area contributed by atoms with E-state index in [0.717, 1.165) is 0 Å². The molecule has 4 N–H and O–H groups in total. The lowest BCUT2D eigenvalue weighted by molar-refractivity contribution is -0.130. The zero-order valence-electron chi connectivity index (χ0n) is 24.7. The molecule has 0 spiro atoms. The lowest BCUT2D eigenvalue weighted by Crippen LogP contribution is -2.53. The molecule has 0 saturated carbocycles. The summed E-state index contributed by atoms with van der Waals surface area (Å²) in [5, 5.41) is 19.3. The normalized spacial score (nSPS) is 18.8. The summed E-state index contributed by atoms with van der Waals surface area (Å²) in [6, 6.07) is 9.90. The van der Waals surface area contributed by atoms with Crippen molar-refractivity contribution in [2.45, 2.75) is 58.9 Å². The number of benzene rings is 2. The molecule has 2 aromatic carbocycles. The van der Waals surface area contributed by atoms with Crippen LogP contribution in [0, 0.1) is 5.92 Å². The van der Waals surface area contributed by atoms with E-state index in [-0.39, 0.29) is 37.4 Å². The molecule has 0 fully saturated rings. The van der Waals surface area contributed by atoms with Crippen LogP contribution in [0.3, 0.4) is 0 Å². The molecule has 5 rings (SSSR count). The minimum Gasteiger partial charge on any atom is -0.493 e. The molecule has 4 amide bonds. The first-order chi connectivity index (χ1) is 20.6. The first kappa shape index (κ1) is 31.0. The summed E-state index contributed by atoms with van der Waals surface area (Å²) in [5.41, 5.74) is 1.93. The minimum atomic E-state index is -0.909. The van der Waals surface area contributed by atoms with Gasteiger partial charge in [0, 0.05) is 17.7 Å². The molecule has 0 unspecified atom stereocenters. The number of nitrogens with one attached hydrogen (secondary N) is 4. The van der Waals surface area contributed by atoms with Crippen LogP contribution in [-0.2, 0) is 29.2 Å². The van der Waals surface area contributed by atoms with Gasteiger partial charge in [-0.1, -0.05) is 31.2 Å². The maximum Gasteiger partial charge on any atom is 0.251 e. The Morgan fingerprint density at radius 2 is 1.77 bits per heavy atom. The van der Waals surface area contributed by atoms with E-state index in [4.69, 9.17) is 9.47 Å². The smallest absolute Gasteiger partial charge is 0.251 e. The van der Waals surface area contributed by atoms with Gasteiger partial charge in [-0.3, -0.25) is 19.2 Å². The molecule has 2 aliphatic heterocycles. The standard InChI is InChI=1S/C30H37N7O6/c1-18(2)12-24-30(41)32-16-23-17-37(36-35-23)10-11-43-25-9-8-22(14-26(25)42-4)28(39)31-15-20-6-5-7-21(13-20)29(40)33-19(3)27(38)34-24/h5-9,13-14,17-19,24H,10-12,15-16H2,1-4H3,(H,31,39)(H,32,41)(H,33,40)(H,34,38)/t19-,24-/m1/s1. The number of carbonyl (C=O) groups is 4. The highest BCUT2D eigenvalue weighted by Crippen LogP contribution is 2.28. The predicted octanol–water partition coefficient (Wildman–Crippen LogP) is 1.57. The number of amides is 4. The molecule has 228 valence electrons. The van der Waals surface area contributed by atoms with Gasteiger partial charge in [-0.25, -0.2) is 4.68 Å². The number of hydrogen-bond acceptors (Lipinski definition) is 8. The third kappa shape index (κ3) is 8.53. The number of carbonyl (C=O) groups excluding carboxylic acids is 4. The van der Waals surface area contributed by atoms with E-state index < -0.39 is 23.9 Å².